The molecule has 1 rings (SSSR count). The van der Waals surface area contributed by atoms with E-state index in [0.717, 1.165) is 5.56 Å². The third-order valence-electron chi connectivity index (χ3n) is 2.19. The zero-order chi connectivity index (χ0) is 12.0. The van der Waals surface area contributed by atoms with Crippen molar-refractivity contribution in [1.29, 1.82) is 0 Å². The average molecular weight is 218 g/mol. The lowest BCUT2D eigenvalue weighted by Crippen LogP contribution is -2.18. The van der Waals surface area contributed by atoms with E-state index < -0.39 is 11.8 Å². The second kappa shape index (κ2) is 5.85. The van der Waals surface area contributed by atoms with Crippen molar-refractivity contribution in [2.75, 3.05) is 0 Å². The summed E-state index contributed by atoms with van der Waals surface area (Å²) in [5.41, 5.74) is 1.26. The van der Waals surface area contributed by atoms with Gasteiger partial charge in [0.05, 0.1) is 0 Å². The predicted molar refractivity (Wildman–Crippen MR) is 60.7 cm³/mol. The largest absolute Gasteiger partial charge is 0.455 e. The summed E-state index contributed by atoms with van der Waals surface area (Å²) in [4.78, 5) is 22.7. The highest BCUT2D eigenvalue weighted by molar-refractivity contribution is 6.40. The molecule has 0 saturated heterocycles. The van der Waals surface area contributed by atoms with Gasteiger partial charge in [0.2, 0.25) is 0 Å². The van der Waals surface area contributed by atoms with Crippen molar-refractivity contribution < 1.29 is 14.3 Å². The molecule has 0 radical (unpaired) electrons. The van der Waals surface area contributed by atoms with Gasteiger partial charge < -0.3 is 4.74 Å². The van der Waals surface area contributed by atoms with E-state index in [9.17, 15) is 9.59 Å². The predicted octanol–water partition coefficient (Wildman–Crippen LogP) is 2.27. The van der Waals surface area contributed by atoms with Crippen LogP contribution in [0.4, 0.5) is 0 Å². The van der Waals surface area contributed by atoms with Gasteiger partial charge in [0.25, 0.3) is 5.78 Å². The van der Waals surface area contributed by atoms with Gasteiger partial charge in [-0.05, 0) is 25.0 Å². The van der Waals surface area contributed by atoms with Crippen LogP contribution in [0.5, 0.6) is 0 Å². The number of ketones is 1. The number of carbonyl (C=O) groups is 2. The van der Waals surface area contributed by atoms with E-state index in [1.54, 1.807) is 19.9 Å². The van der Waals surface area contributed by atoms with E-state index in [2.05, 4.69) is 0 Å². The number of esters is 1. The highest BCUT2D eigenvalue weighted by Gasteiger charge is 2.16. The van der Waals surface area contributed by atoms with Crippen molar-refractivity contribution in [3.8, 4) is 0 Å². The maximum Gasteiger partial charge on any atom is 0.379 e. The Kier molecular flexibility index (Phi) is 4.45. The molecule has 0 unspecified atom stereocenters. The summed E-state index contributed by atoms with van der Waals surface area (Å²) in [6.45, 7) is 3.42. The Morgan fingerprint density at radius 1 is 1.25 bits per heavy atom. The smallest absolute Gasteiger partial charge is 0.379 e. The Morgan fingerprint density at radius 2 is 1.88 bits per heavy atom. The van der Waals surface area contributed by atoms with Gasteiger partial charge in [-0.3, -0.25) is 4.79 Å². The van der Waals surface area contributed by atoms with Crippen LogP contribution >= 0.6 is 0 Å². The van der Waals surface area contributed by atoms with Gasteiger partial charge in [0, 0.05) is 0 Å². The number of hydrogen-bond acceptors (Lipinski definition) is 3. The van der Waals surface area contributed by atoms with Crippen molar-refractivity contribution in [1.82, 2.24) is 0 Å². The van der Waals surface area contributed by atoms with Gasteiger partial charge in [0.1, 0.15) is 6.61 Å². The van der Waals surface area contributed by atoms with Gasteiger partial charge in [-0.15, -0.1) is 0 Å². The first-order valence-electron chi connectivity index (χ1n) is 5.03. The molecule has 3 heteroatoms. The topological polar surface area (TPSA) is 43.4 Å². The van der Waals surface area contributed by atoms with Gasteiger partial charge in [-0.25, -0.2) is 4.79 Å². The van der Waals surface area contributed by atoms with Crippen LogP contribution in [0.2, 0.25) is 0 Å². The molecule has 1 aromatic rings. The van der Waals surface area contributed by atoms with Crippen molar-refractivity contribution in [2.45, 2.75) is 20.5 Å². The van der Waals surface area contributed by atoms with Crippen LogP contribution in [0.25, 0.3) is 0 Å². The number of benzene rings is 1. The van der Waals surface area contributed by atoms with E-state index >= 15 is 0 Å². The molecule has 0 saturated carbocycles. The van der Waals surface area contributed by atoms with Crippen molar-refractivity contribution in [3.05, 3.63) is 47.5 Å². The standard InChI is InChI=1S/C13H14O3/c1-3-10(2)12(14)13(15)16-9-11-7-5-4-6-8-11/h3-8H,9H2,1-2H3/b10-3+. The minimum absolute atomic E-state index is 0.127. The summed E-state index contributed by atoms with van der Waals surface area (Å²) in [6.07, 6.45) is 1.59. The number of Topliss-reactive ketones (excluding diaryl/α,β-unsaturated/α-hetero) is 1. The molecular weight excluding hydrogens is 204 g/mol. The molecule has 0 aromatic heterocycles. The fourth-order valence-electron chi connectivity index (χ4n) is 1.08. The zero-order valence-corrected chi connectivity index (χ0v) is 9.40. The first-order valence-corrected chi connectivity index (χ1v) is 5.03. The fraction of sp³-hybridized carbons (Fsp3) is 0.231. The molecule has 0 N–H and O–H groups in total. The molecular formula is C13H14O3. The molecule has 0 spiro atoms. The highest BCUT2D eigenvalue weighted by atomic mass is 16.5. The van der Waals surface area contributed by atoms with Gasteiger partial charge in [-0.1, -0.05) is 36.4 Å². The molecule has 0 fully saturated rings. The maximum atomic E-state index is 11.4. The van der Waals surface area contributed by atoms with Crippen LogP contribution < -0.4 is 0 Å². The third kappa shape index (κ3) is 3.35. The minimum Gasteiger partial charge on any atom is -0.455 e. The molecule has 0 aliphatic heterocycles. The van der Waals surface area contributed by atoms with Gasteiger partial charge >= 0.3 is 5.97 Å². The third-order valence-corrected chi connectivity index (χ3v) is 2.19. The lowest BCUT2D eigenvalue weighted by atomic mass is 10.2. The molecule has 3 nitrogen and oxygen atoms in total. The average Bonchev–Trinajstić information content (AvgIpc) is 2.35. The van der Waals surface area contributed by atoms with Crippen LogP contribution in [0, 0.1) is 0 Å². The van der Waals surface area contributed by atoms with Crippen LogP contribution in [0.1, 0.15) is 19.4 Å². The molecule has 0 heterocycles. The molecule has 1 aromatic carbocycles. The summed E-state index contributed by atoms with van der Waals surface area (Å²) < 4.78 is 4.88. The van der Waals surface area contributed by atoms with Crippen molar-refractivity contribution in [2.24, 2.45) is 0 Å². The molecule has 16 heavy (non-hydrogen) atoms. The zero-order valence-electron chi connectivity index (χ0n) is 9.40. The molecule has 0 aliphatic carbocycles. The van der Waals surface area contributed by atoms with Crippen LogP contribution in [-0.4, -0.2) is 11.8 Å². The second-order valence-electron chi connectivity index (χ2n) is 3.36. The van der Waals surface area contributed by atoms with Crippen LogP contribution in [-0.2, 0) is 20.9 Å². The molecule has 0 aliphatic rings. The van der Waals surface area contributed by atoms with Crippen LogP contribution in [0.15, 0.2) is 42.0 Å². The first kappa shape index (κ1) is 12.2. The summed E-state index contributed by atoms with van der Waals surface area (Å²) in [5.74, 6) is -1.39. The SMILES string of the molecule is C/C=C(\C)C(=O)C(=O)OCc1ccccc1. The summed E-state index contributed by atoms with van der Waals surface area (Å²) >= 11 is 0. The number of rotatable bonds is 4. The van der Waals surface area contributed by atoms with E-state index in [1.807, 2.05) is 30.3 Å². The van der Waals surface area contributed by atoms with E-state index in [-0.39, 0.29) is 6.61 Å². The molecule has 0 atom stereocenters. The minimum atomic E-state index is -0.806. The van der Waals surface area contributed by atoms with Gasteiger partial charge in [-0.2, -0.15) is 0 Å². The Bertz CT molecular complexity index is 404. The number of hydrogen-bond donors (Lipinski definition) is 0. The second-order valence-corrected chi connectivity index (χ2v) is 3.36. The number of allylic oxidation sites excluding steroid dienone is 1. The Balaban J connectivity index is 2.51. The molecule has 0 bridgehead atoms. The quantitative estimate of drug-likeness (QED) is 0.442. The molecule has 84 valence electrons. The van der Waals surface area contributed by atoms with E-state index in [0.29, 0.717) is 5.57 Å². The van der Waals surface area contributed by atoms with E-state index in [4.69, 9.17) is 4.74 Å². The lowest BCUT2D eigenvalue weighted by Gasteiger charge is -2.03. The Hall–Kier alpha value is -1.90. The molecule has 0 amide bonds. The maximum absolute atomic E-state index is 11.4. The first-order chi connectivity index (χ1) is 7.65. The summed E-state index contributed by atoms with van der Waals surface area (Å²) in [6, 6.07) is 9.24. The van der Waals surface area contributed by atoms with Crippen LogP contribution in [0.3, 0.4) is 0 Å². The Morgan fingerprint density at radius 3 is 2.44 bits per heavy atom. The number of ether oxygens (including phenoxy) is 1. The normalized spacial score (nSPS) is 11.0. The van der Waals surface area contributed by atoms with Gasteiger partial charge in [0.15, 0.2) is 0 Å². The van der Waals surface area contributed by atoms with E-state index in [1.165, 1.54) is 0 Å². The summed E-state index contributed by atoms with van der Waals surface area (Å²) in [5, 5.41) is 0. The Labute approximate surface area is 94.7 Å². The fourth-order valence-corrected chi connectivity index (χ4v) is 1.08. The number of carbonyl (C=O) groups excluding carboxylic acids is 2. The summed E-state index contributed by atoms with van der Waals surface area (Å²) in [7, 11) is 0. The van der Waals surface area contributed by atoms with Crippen molar-refractivity contribution in [3.63, 3.8) is 0 Å². The lowest BCUT2D eigenvalue weighted by molar-refractivity contribution is -0.153. The van der Waals surface area contributed by atoms with Crippen molar-refractivity contribution >= 4 is 11.8 Å². The monoisotopic (exact) mass is 218 g/mol. The highest BCUT2D eigenvalue weighted by Crippen LogP contribution is 2.03.